The van der Waals surface area contributed by atoms with Crippen LogP contribution in [-0.4, -0.2) is 22.9 Å². The molecule has 0 aliphatic carbocycles. The molecule has 0 amide bonds. The van der Waals surface area contributed by atoms with Gasteiger partial charge in [0.15, 0.2) is 5.82 Å². The molecule has 0 aliphatic heterocycles. The van der Waals surface area contributed by atoms with Crippen LogP contribution >= 0.6 is 11.8 Å². The lowest BCUT2D eigenvalue weighted by Crippen LogP contribution is -2.19. The molecule has 0 spiro atoms. The van der Waals surface area contributed by atoms with Crippen molar-refractivity contribution in [3.63, 3.8) is 0 Å². The Hall–Kier alpha value is -0.550. The minimum atomic E-state index is 0.151. The molecule has 4 nitrogen and oxygen atoms in total. The second-order valence-electron chi connectivity index (χ2n) is 3.16. The van der Waals surface area contributed by atoms with Crippen LogP contribution in [0.4, 0.5) is 0 Å². The summed E-state index contributed by atoms with van der Waals surface area (Å²) in [5.74, 6) is 2.27. The molecule has 0 saturated heterocycles. The van der Waals surface area contributed by atoms with E-state index in [4.69, 9.17) is 4.52 Å². The third kappa shape index (κ3) is 3.31. The van der Waals surface area contributed by atoms with Gasteiger partial charge in [0.2, 0.25) is 5.89 Å². The van der Waals surface area contributed by atoms with Crippen LogP contribution < -0.4 is 5.32 Å². The molecule has 1 heterocycles. The number of aromatic nitrogens is 2. The van der Waals surface area contributed by atoms with E-state index in [0.29, 0.717) is 5.89 Å². The number of nitrogens with zero attached hydrogens (tertiary/aromatic N) is 2. The molecule has 1 atom stereocenters. The Bertz CT molecular complexity index is 264. The summed E-state index contributed by atoms with van der Waals surface area (Å²) in [5.41, 5.74) is 0. The molecular formula is C9H17N3OS. The van der Waals surface area contributed by atoms with Crippen LogP contribution in [0.15, 0.2) is 4.52 Å². The molecule has 0 aliphatic rings. The highest BCUT2D eigenvalue weighted by Gasteiger charge is 2.12. The predicted molar refractivity (Wildman–Crippen MR) is 58.2 cm³/mol. The highest BCUT2D eigenvalue weighted by Crippen LogP contribution is 2.11. The van der Waals surface area contributed by atoms with E-state index < -0.39 is 0 Å². The average molecular weight is 215 g/mol. The quantitative estimate of drug-likeness (QED) is 0.786. The van der Waals surface area contributed by atoms with Crippen molar-refractivity contribution in [2.45, 2.75) is 32.1 Å². The summed E-state index contributed by atoms with van der Waals surface area (Å²) in [6.45, 7) is 5.14. The lowest BCUT2D eigenvalue weighted by molar-refractivity contribution is 0.337. The first kappa shape index (κ1) is 11.5. The summed E-state index contributed by atoms with van der Waals surface area (Å²) in [5, 5.41) is 7.19. The van der Waals surface area contributed by atoms with E-state index in [-0.39, 0.29) is 6.04 Å². The standard InChI is InChI=1S/C9H17N3OS/c1-4-5-10-7(2)9-11-8(6-14-3)12-13-9/h7,10H,4-6H2,1-3H3. The summed E-state index contributed by atoms with van der Waals surface area (Å²) in [4.78, 5) is 4.29. The maximum atomic E-state index is 5.14. The highest BCUT2D eigenvalue weighted by molar-refractivity contribution is 7.97. The number of hydrogen-bond acceptors (Lipinski definition) is 5. The number of hydrogen-bond donors (Lipinski definition) is 1. The van der Waals surface area contributed by atoms with Crippen molar-refractivity contribution in [3.8, 4) is 0 Å². The Morgan fingerprint density at radius 3 is 3.00 bits per heavy atom. The van der Waals surface area contributed by atoms with Gasteiger partial charge in [-0.25, -0.2) is 0 Å². The summed E-state index contributed by atoms with van der Waals surface area (Å²) in [6, 6.07) is 0.151. The van der Waals surface area contributed by atoms with Crippen molar-refractivity contribution in [2.75, 3.05) is 12.8 Å². The normalized spacial score (nSPS) is 13.1. The van der Waals surface area contributed by atoms with E-state index in [1.54, 1.807) is 11.8 Å². The molecule has 0 saturated carbocycles. The Morgan fingerprint density at radius 2 is 2.36 bits per heavy atom. The van der Waals surface area contributed by atoms with Crippen molar-refractivity contribution >= 4 is 11.8 Å². The molecule has 14 heavy (non-hydrogen) atoms. The Labute approximate surface area is 88.8 Å². The van der Waals surface area contributed by atoms with Crippen LogP contribution in [0, 0.1) is 0 Å². The lowest BCUT2D eigenvalue weighted by Gasteiger charge is -2.06. The summed E-state index contributed by atoms with van der Waals surface area (Å²) in [7, 11) is 0. The van der Waals surface area contributed by atoms with Crippen LogP contribution in [0.5, 0.6) is 0 Å². The zero-order valence-corrected chi connectivity index (χ0v) is 9.73. The zero-order valence-electron chi connectivity index (χ0n) is 8.91. The monoisotopic (exact) mass is 215 g/mol. The molecular weight excluding hydrogens is 198 g/mol. The molecule has 1 N–H and O–H groups in total. The van der Waals surface area contributed by atoms with E-state index >= 15 is 0 Å². The van der Waals surface area contributed by atoms with Gasteiger partial charge in [-0.2, -0.15) is 16.7 Å². The van der Waals surface area contributed by atoms with E-state index in [0.717, 1.165) is 24.5 Å². The van der Waals surface area contributed by atoms with Gasteiger partial charge in [0.05, 0.1) is 11.8 Å². The van der Waals surface area contributed by atoms with Crippen LogP contribution in [-0.2, 0) is 5.75 Å². The van der Waals surface area contributed by atoms with E-state index in [1.165, 1.54) is 0 Å². The molecule has 0 bridgehead atoms. The van der Waals surface area contributed by atoms with Crippen LogP contribution in [0.1, 0.15) is 38.0 Å². The van der Waals surface area contributed by atoms with Crippen LogP contribution in [0.2, 0.25) is 0 Å². The second kappa shape index (κ2) is 6.03. The van der Waals surface area contributed by atoms with Crippen molar-refractivity contribution in [3.05, 3.63) is 11.7 Å². The molecule has 0 aromatic carbocycles. The zero-order chi connectivity index (χ0) is 10.4. The SMILES string of the molecule is CCCNC(C)c1nc(CSC)no1. The van der Waals surface area contributed by atoms with Crippen LogP contribution in [0.3, 0.4) is 0 Å². The van der Waals surface area contributed by atoms with Gasteiger partial charge in [-0.3, -0.25) is 0 Å². The number of nitrogens with one attached hydrogen (secondary N) is 1. The van der Waals surface area contributed by atoms with E-state index in [2.05, 4.69) is 22.4 Å². The van der Waals surface area contributed by atoms with E-state index in [9.17, 15) is 0 Å². The van der Waals surface area contributed by atoms with Gasteiger partial charge in [0, 0.05) is 0 Å². The topological polar surface area (TPSA) is 51.0 Å². The fourth-order valence-electron chi connectivity index (χ4n) is 1.08. The van der Waals surface area contributed by atoms with E-state index in [1.807, 2.05) is 13.2 Å². The molecule has 1 unspecified atom stereocenters. The molecule has 80 valence electrons. The van der Waals surface area contributed by atoms with Gasteiger partial charge >= 0.3 is 0 Å². The second-order valence-corrected chi connectivity index (χ2v) is 4.02. The maximum Gasteiger partial charge on any atom is 0.243 e. The average Bonchev–Trinajstić information content (AvgIpc) is 2.63. The largest absolute Gasteiger partial charge is 0.338 e. The fraction of sp³-hybridized carbons (Fsp3) is 0.778. The third-order valence-corrected chi connectivity index (χ3v) is 2.38. The third-order valence-electron chi connectivity index (χ3n) is 1.83. The number of thioether (sulfide) groups is 1. The Balaban J connectivity index is 2.48. The highest BCUT2D eigenvalue weighted by atomic mass is 32.2. The first-order valence-electron chi connectivity index (χ1n) is 4.82. The van der Waals surface area contributed by atoms with Gasteiger partial charge < -0.3 is 9.84 Å². The first-order valence-corrected chi connectivity index (χ1v) is 6.22. The molecule has 1 aromatic heterocycles. The molecule has 0 radical (unpaired) electrons. The Kier molecular flexibility index (Phi) is 4.97. The maximum absolute atomic E-state index is 5.14. The minimum Gasteiger partial charge on any atom is -0.338 e. The minimum absolute atomic E-state index is 0.151. The molecule has 1 aromatic rings. The molecule has 5 heteroatoms. The Morgan fingerprint density at radius 1 is 1.57 bits per heavy atom. The summed E-state index contributed by atoms with van der Waals surface area (Å²) in [6.07, 6.45) is 3.13. The van der Waals surface area contributed by atoms with Gasteiger partial charge in [0.1, 0.15) is 0 Å². The number of rotatable bonds is 6. The van der Waals surface area contributed by atoms with Crippen molar-refractivity contribution in [1.29, 1.82) is 0 Å². The summed E-state index contributed by atoms with van der Waals surface area (Å²) < 4.78 is 5.14. The lowest BCUT2D eigenvalue weighted by atomic mass is 10.3. The molecule has 1 rings (SSSR count). The van der Waals surface area contributed by atoms with Gasteiger partial charge in [-0.15, -0.1) is 0 Å². The van der Waals surface area contributed by atoms with Gasteiger partial charge in [-0.1, -0.05) is 12.1 Å². The van der Waals surface area contributed by atoms with Crippen LogP contribution in [0.25, 0.3) is 0 Å². The van der Waals surface area contributed by atoms with Gasteiger partial charge in [-0.05, 0) is 26.1 Å². The first-order chi connectivity index (χ1) is 6.77. The fourth-order valence-corrected chi connectivity index (χ4v) is 1.45. The van der Waals surface area contributed by atoms with Gasteiger partial charge in [0.25, 0.3) is 0 Å². The smallest absolute Gasteiger partial charge is 0.243 e. The predicted octanol–water partition coefficient (Wildman–Crippen LogP) is 1.99. The molecule has 0 fully saturated rings. The van der Waals surface area contributed by atoms with Crippen molar-refractivity contribution < 1.29 is 4.52 Å². The van der Waals surface area contributed by atoms with Crippen molar-refractivity contribution in [1.82, 2.24) is 15.5 Å². The van der Waals surface area contributed by atoms with Crippen molar-refractivity contribution in [2.24, 2.45) is 0 Å². The summed E-state index contributed by atoms with van der Waals surface area (Å²) >= 11 is 1.69.